The van der Waals surface area contributed by atoms with Crippen molar-refractivity contribution in [1.82, 2.24) is 10.6 Å². The highest BCUT2D eigenvalue weighted by molar-refractivity contribution is 6.03. The second-order valence-corrected chi connectivity index (χ2v) is 7.03. The van der Waals surface area contributed by atoms with Crippen molar-refractivity contribution >= 4 is 29.5 Å². The number of benzene rings is 2. The average Bonchev–Trinajstić information content (AvgIpc) is 3.55. The molecule has 0 atom stereocenters. The molecule has 0 unspecified atom stereocenters. The third kappa shape index (κ3) is 6.31. The molecule has 1 saturated carbocycles. The minimum atomic E-state index is -0.299. The molecule has 0 heterocycles. The normalized spacial score (nSPS) is 13.1. The van der Waals surface area contributed by atoms with Gasteiger partial charge in [-0.2, -0.15) is 0 Å². The maximum atomic E-state index is 12.2. The van der Waals surface area contributed by atoms with Crippen molar-refractivity contribution < 1.29 is 14.4 Å². The molecule has 150 valence electrons. The molecule has 3 amide bonds. The monoisotopic (exact) mass is 391 g/mol. The molecule has 2 aromatic rings. The van der Waals surface area contributed by atoms with Gasteiger partial charge in [-0.05, 0) is 61.2 Å². The van der Waals surface area contributed by atoms with Crippen LogP contribution in [0, 0.1) is 0 Å². The van der Waals surface area contributed by atoms with E-state index in [1.165, 1.54) is 6.08 Å². The van der Waals surface area contributed by atoms with E-state index in [2.05, 4.69) is 16.0 Å². The third-order valence-corrected chi connectivity index (χ3v) is 4.44. The number of anilines is 1. The van der Waals surface area contributed by atoms with Gasteiger partial charge in [-0.1, -0.05) is 25.1 Å². The molecule has 0 radical (unpaired) electrons. The lowest BCUT2D eigenvalue weighted by Gasteiger charge is -2.06. The van der Waals surface area contributed by atoms with Gasteiger partial charge < -0.3 is 16.0 Å². The van der Waals surface area contributed by atoms with Crippen molar-refractivity contribution in [2.45, 2.75) is 32.2 Å². The van der Waals surface area contributed by atoms with Gasteiger partial charge in [0.2, 0.25) is 5.91 Å². The summed E-state index contributed by atoms with van der Waals surface area (Å²) in [5.74, 6) is -0.528. The Balaban J connectivity index is 1.55. The average molecular weight is 391 g/mol. The van der Waals surface area contributed by atoms with Crippen molar-refractivity contribution in [3.05, 3.63) is 71.3 Å². The van der Waals surface area contributed by atoms with Crippen LogP contribution >= 0.6 is 0 Å². The van der Waals surface area contributed by atoms with Gasteiger partial charge in [0.05, 0.1) is 0 Å². The van der Waals surface area contributed by atoms with E-state index in [9.17, 15) is 14.4 Å². The van der Waals surface area contributed by atoms with E-state index in [1.807, 2.05) is 6.92 Å². The smallest absolute Gasteiger partial charge is 0.251 e. The second kappa shape index (κ2) is 9.68. The highest BCUT2D eigenvalue weighted by atomic mass is 16.2. The fourth-order valence-electron chi connectivity index (χ4n) is 2.68. The van der Waals surface area contributed by atoms with Gasteiger partial charge >= 0.3 is 0 Å². The molecular weight excluding hydrogens is 366 g/mol. The van der Waals surface area contributed by atoms with Gasteiger partial charge in [0.25, 0.3) is 11.8 Å². The molecule has 6 nitrogen and oxygen atoms in total. The van der Waals surface area contributed by atoms with E-state index >= 15 is 0 Å². The standard InChI is InChI=1S/C23H25N3O3/c1-2-14-24-22(28)18-4-3-5-20(15-18)25-21(27)13-8-16-6-9-17(10-7-16)23(29)26-19-11-12-19/h3-10,13,15,19H,2,11-12,14H2,1H3,(H,24,28)(H,25,27)(H,26,29)/b13-8+. The summed E-state index contributed by atoms with van der Waals surface area (Å²) in [7, 11) is 0. The number of hydrogen-bond donors (Lipinski definition) is 3. The van der Waals surface area contributed by atoms with E-state index in [1.54, 1.807) is 54.6 Å². The summed E-state index contributed by atoms with van der Waals surface area (Å²) in [4.78, 5) is 36.2. The second-order valence-electron chi connectivity index (χ2n) is 7.03. The maximum Gasteiger partial charge on any atom is 0.251 e. The van der Waals surface area contributed by atoms with Crippen LogP contribution in [0.4, 0.5) is 5.69 Å². The molecule has 1 fully saturated rings. The van der Waals surface area contributed by atoms with Crippen LogP contribution in [0.3, 0.4) is 0 Å². The molecule has 3 N–H and O–H groups in total. The summed E-state index contributed by atoms with van der Waals surface area (Å²) in [6.07, 6.45) is 6.06. The van der Waals surface area contributed by atoms with Crippen molar-refractivity contribution in [2.24, 2.45) is 0 Å². The highest BCUT2D eigenvalue weighted by Crippen LogP contribution is 2.19. The molecule has 1 aliphatic carbocycles. The first kappa shape index (κ1) is 20.3. The molecule has 3 rings (SSSR count). The summed E-state index contributed by atoms with van der Waals surface area (Å²) in [6.45, 7) is 2.60. The Morgan fingerprint density at radius 3 is 2.45 bits per heavy atom. The number of carbonyl (C=O) groups excluding carboxylic acids is 3. The maximum absolute atomic E-state index is 12.2. The Kier molecular flexibility index (Phi) is 6.79. The van der Waals surface area contributed by atoms with E-state index in [0.717, 1.165) is 24.8 Å². The summed E-state index contributed by atoms with van der Waals surface area (Å²) in [5.41, 5.74) is 2.48. The van der Waals surface area contributed by atoms with Crippen LogP contribution in [0.2, 0.25) is 0 Å². The van der Waals surface area contributed by atoms with Gasteiger partial charge in [-0.15, -0.1) is 0 Å². The highest BCUT2D eigenvalue weighted by Gasteiger charge is 2.23. The van der Waals surface area contributed by atoms with Crippen molar-refractivity contribution in [3.63, 3.8) is 0 Å². The van der Waals surface area contributed by atoms with Crippen molar-refractivity contribution in [3.8, 4) is 0 Å². The SMILES string of the molecule is CCCNC(=O)c1cccc(NC(=O)/C=C/c2ccc(C(=O)NC3CC3)cc2)c1. The lowest BCUT2D eigenvalue weighted by molar-refractivity contribution is -0.111. The number of amides is 3. The molecule has 6 heteroatoms. The van der Waals surface area contributed by atoms with Crippen LogP contribution in [0.25, 0.3) is 6.08 Å². The van der Waals surface area contributed by atoms with E-state index in [0.29, 0.717) is 29.4 Å². The molecule has 29 heavy (non-hydrogen) atoms. The lowest BCUT2D eigenvalue weighted by Crippen LogP contribution is -2.25. The topological polar surface area (TPSA) is 87.3 Å². The number of carbonyl (C=O) groups is 3. The van der Waals surface area contributed by atoms with Crippen LogP contribution in [0.15, 0.2) is 54.6 Å². The quantitative estimate of drug-likeness (QED) is 0.603. The van der Waals surface area contributed by atoms with Gasteiger partial charge in [0.1, 0.15) is 0 Å². The Labute approximate surface area is 170 Å². The minimum absolute atomic E-state index is 0.0661. The summed E-state index contributed by atoms with van der Waals surface area (Å²) in [5, 5.41) is 8.50. The minimum Gasteiger partial charge on any atom is -0.352 e. The number of rotatable bonds is 8. The van der Waals surface area contributed by atoms with Gasteiger partial charge in [-0.25, -0.2) is 0 Å². The molecule has 0 saturated heterocycles. The zero-order valence-electron chi connectivity index (χ0n) is 16.4. The van der Waals surface area contributed by atoms with Crippen LogP contribution in [-0.4, -0.2) is 30.3 Å². The fourth-order valence-corrected chi connectivity index (χ4v) is 2.68. The zero-order chi connectivity index (χ0) is 20.6. The summed E-state index contributed by atoms with van der Waals surface area (Å²) >= 11 is 0. The molecule has 1 aliphatic rings. The molecule has 0 aromatic heterocycles. The van der Waals surface area contributed by atoms with Gasteiger partial charge in [0, 0.05) is 35.5 Å². The van der Waals surface area contributed by atoms with Crippen LogP contribution < -0.4 is 16.0 Å². The third-order valence-electron chi connectivity index (χ3n) is 4.44. The zero-order valence-corrected chi connectivity index (χ0v) is 16.4. The molecule has 0 spiro atoms. The Hall–Kier alpha value is -3.41. The first-order valence-electron chi connectivity index (χ1n) is 9.83. The van der Waals surface area contributed by atoms with Crippen molar-refractivity contribution in [1.29, 1.82) is 0 Å². The first-order chi connectivity index (χ1) is 14.0. The largest absolute Gasteiger partial charge is 0.352 e. The predicted octanol–water partition coefficient (Wildman–Crippen LogP) is 3.37. The van der Waals surface area contributed by atoms with E-state index in [-0.39, 0.29) is 17.7 Å². The Bertz CT molecular complexity index is 915. The molecule has 0 aliphatic heterocycles. The van der Waals surface area contributed by atoms with E-state index in [4.69, 9.17) is 0 Å². The molecule has 2 aromatic carbocycles. The lowest BCUT2D eigenvalue weighted by atomic mass is 10.1. The number of nitrogens with one attached hydrogen (secondary N) is 3. The molecular formula is C23H25N3O3. The van der Waals surface area contributed by atoms with Gasteiger partial charge in [0.15, 0.2) is 0 Å². The van der Waals surface area contributed by atoms with Crippen LogP contribution in [-0.2, 0) is 4.79 Å². The van der Waals surface area contributed by atoms with Gasteiger partial charge in [-0.3, -0.25) is 14.4 Å². The first-order valence-corrected chi connectivity index (χ1v) is 9.83. The van der Waals surface area contributed by atoms with Crippen molar-refractivity contribution in [2.75, 3.05) is 11.9 Å². The van der Waals surface area contributed by atoms with Crippen LogP contribution in [0.1, 0.15) is 52.5 Å². The Morgan fingerprint density at radius 2 is 1.76 bits per heavy atom. The predicted molar refractivity (Wildman–Crippen MR) is 114 cm³/mol. The Morgan fingerprint density at radius 1 is 1.00 bits per heavy atom. The number of hydrogen-bond acceptors (Lipinski definition) is 3. The summed E-state index contributed by atoms with van der Waals surface area (Å²) in [6, 6.07) is 14.2. The van der Waals surface area contributed by atoms with Crippen LogP contribution in [0.5, 0.6) is 0 Å². The van der Waals surface area contributed by atoms with E-state index < -0.39 is 0 Å². The fraction of sp³-hybridized carbons (Fsp3) is 0.261. The molecule has 0 bridgehead atoms. The summed E-state index contributed by atoms with van der Waals surface area (Å²) < 4.78 is 0.